The number of piperazine rings is 1. The van der Waals surface area contributed by atoms with Crippen LogP contribution in [-0.2, 0) is 4.79 Å². The van der Waals surface area contributed by atoms with E-state index in [0.717, 1.165) is 46.0 Å². The van der Waals surface area contributed by atoms with Crippen molar-refractivity contribution in [2.45, 2.75) is 20.8 Å². The molecule has 0 spiro atoms. The van der Waals surface area contributed by atoms with Crippen LogP contribution in [0, 0.1) is 20.8 Å². The van der Waals surface area contributed by atoms with Gasteiger partial charge in [0.25, 0.3) is 5.91 Å². The number of anilines is 1. The first-order valence-electron chi connectivity index (χ1n) is 9.45. The fraction of sp³-hybridized carbons (Fsp3) is 0.381. The Balaban J connectivity index is 1.37. The fourth-order valence-corrected chi connectivity index (χ4v) is 4.32. The number of aromatic nitrogens is 2. The molecule has 0 bridgehead atoms. The Hall–Kier alpha value is -2.67. The molecule has 1 saturated heterocycles. The van der Waals surface area contributed by atoms with Crippen LogP contribution in [0.5, 0.6) is 5.75 Å². The number of nitrogens with zero attached hydrogens (tertiary/aromatic N) is 4. The molecule has 0 saturated carbocycles. The van der Waals surface area contributed by atoms with Crippen molar-refractivity contribution in [2.24, 2.45) is 0 Å². The molecule has 1 amide bonds. The lowest BCUT2D eigenvalue weighted by Crippen LogP contribution is -2.50. The van der Waals surface area contributed by atoms with Crippen LogP contribution in [0.2, 0.25) is 0 Å². The van der Waals surface area contributed by atoms with Gasteiger partial charge in [-0.3, -0.25) is 4.79 Å². The van der Waals surface area contributed by atoms with Gasteiger partial charge in [0.15, 0.2) is 6.61 Å². The number of carbonyl (C=O) groups is 1. The van der Waals surface area contributed by atoms with Gasteiger partial charge in [0, 0.05) is 31.1 Å². The fourth-order valence-electron chi connectivity index (χ4n) is 3.48. The maximum absolute atomic E-state index is 12.6. The summed E-state index contributed by atoms with van der Waals surface area (Å²) in [7, 11) is 0. The first-order chi connectivity index (χ1) is 13.5. The summed E-state index contributed by atoms with van der Waals surface area (Å²) in [6.07, 6.45) is 1.63. The average Bonchev–Trinajstić information content (AvgIpc) is 3.08. The lowest BCUT2D eigenvalue weighted by atomic mass is 10.1. The van der Waals surface area contributed by atoms with Crippen molar-refractivity contribution in [1.29, 1.82) is 0 Å². The number of benzene rings is 1. The van der Waals surface area contributed by atoms with Crippen LogP contribution in [-0.4, -0.2) is 53.6 Å². The van der Waals surface area contributed by atoms with E-state index in [0.29, 0.717) is 13.1 Å². The molecule has 0 N–H and O–H groups in total. The van der Waals surface area contributed by atoms with Crippen molar-refractivity contribution >= 4 is 33.3 Å². The number of ether oxygens (including phenoxy) is 1. The molecular weight excluding hydrogens is 372 g/mol. The third-order valence-corrected chi connectivity index (χ3v) is 6.02. The first-order valence-corrected chi connectivity index (χ1v) is 10.3. The molecule has 3 aromatic rings. The summed E-state index contributed by atoms with van der Waals surface area (Å²) in [4.78, 5) is 27.8. The number of carbonyl (C=O) groups excluding carboxylic acids is 1. The van der Waals surface area contributed by atoms with E-state index in [-0.39, 0.29) is 12.5 Å². The van der Waals surface area contributed by atoms with Crippen molar-refractivity contribution in [3.8, 4) is 5.75 Å². The second-order valence-corrected chi connectivity index (χ2v) is 8.43. The summed E-state index contributed by atoms with van der Waals surface area (Å²) >= 11 is 1.68. The second kappa shape index (κ2) is 7.75. The van der Waals surface area contributed by atoms with E-state index in [9.17, 15) is 4.79 Å². The van der Waals surface area contributed by atoms with Crippen LogP contribution in [0.3, 0.4) is 0 Å². The van der Waals surface area contributed by atoms with E-state index < -0.39 is 0 Å². The van der Waals surface area contributed by atoms with Crippen LogP contribution in [0.4, 0.5) is 5.82 Å². The van der Waals surface area contributed by atoms with Crippen molar-refractivity contribution in [3.63, 3.8) is 0 Å². The van der Waals surface area contributed by atoms with Gasteiger partial charge in [-0.25, -0.2) is 9.97 Å². The Kier molecular flexibility index (Phi) is 5.17. The van der Waals surface area contributed by atoms with Gasteiger partial charge in [0.1, 0.15) is 22.7 Å². The summed E-state index contributed by atoms with van der Waals surface area (Å²) in [5.74, 6) is 1.77. The Morgan fingerprint density at radius 2 is 1.89 bits per heavy atom. The molecule has 0 radical (unpaired) electrons. The van der Waals surface area contributed by atoms with Gasteiger partial charge in [-0.2, -0.15) is 0 Å². The highest BCUT2D eigenvalue weighted by Gasteiger charge is 2.24. The molecule has 7 heteroatoms. The molecule has 1 aliphatic rings. The Labute approximate surface area is 168 Å². The zero-order chi connectivity index (χ0) is 19.7. The molecule has 1 aromatic carbocycles. The van der Waals surface area contributed by atoms with Crippen LogP contribution in [0.25, 0.3) is 10.2 Å². The number of aryl methyl sites for hydroxylation is 3. The third kappa shape index (κ3) is 3.80. The van der Waals surface area contributed by atoms with E-state index in [1.54, 1.807) is 17.7 Å². The minimum Gasteiger partial charge on any atom is -0.483 e. The monoisotopic (exact) mass is 396 g/mol. The Morgan fingerprint density at radius 1 is 1.11 bits per heavy atom. The molecule has 2 aromatic heterocycles. The smallest absolute Gasteiger partial charge is 0.260 e. The van der Waals surface area contributed by atoms with Gasteiger partial charge in [0.2, 0.25) is 0 Å². The second-order valence-electron chi connectivity index (χ2n) is 7.20. The van der Waals surface area contributed by atoms with E-state index in [2.05, 4.69) is 27.9 Å². The molecule has 1 aliphatic heterocycles. The van der Waals surface area contributed by atoms with Crippen molar-refractivity contribution in [2.75, 3.05) is 37.7 Å². The van der Waals surface area contributed by atoms with E-state index in [1.165, 1.54) is 4.88 Å². The first kappa shape index (κ1) is 18.7. The minimum absolute atomic E-state index is 0.0276. The highest BCUT2D eigenvalue weighted by Crippen LogP contribution is 2.30. The maximum Gasteiger partial charge on any atom is 0.260 e. The number of rotatable bonds is 4. The molecule has 6 nitrogen and oxygen atoms in total. The van der Waals surface area contributed by atoms with Gasteiger partial charge in [-0.05, 0) is 44.0 Å². The van der Waals surface area contributed by atoms with Crippen molar-refractivity contribution < 1.29 is 9.53 Å². The van der Waals surface area contributed by atoms with Gasteiger partial charge in [0.05, 0.1) is 5.39 Å². The van der Waals surface area contributed by atoms with Gasteiger partial charge >= 0.3 is 0 Å². The summed E-state index contributed by atoms with van der Waals surface area (Å²) < 4.78 is 5.78. The molecule has 4 rings (SSSR count). The number of amides is 1. The SMILES string of the molecule is Cc1ccc(C)c(OCC(=O)N2CCN(c3ncnc4sc(C)cc34)CC2)c1. The zero-order valence-electron chi connectivity index (χ0n) is 16.4. The topological polar surface area (TPSA) is 58.6 Å². The third-order valence-electron chi connectivity index (χ3n) is 5.06. The van der Waals surface area contributed by atoms with Crippen LogP contribution in [0.15, 0.2) is 30.6 Å². The number of hydrogen-bond acceptors (Lipinski definition) is 6. The Morgan fingerprint density at radius 3 is 2.68 bits per heavy atom. The normalized spacial score (nSPS) is 14.5. The molecule has 1 fully saturated rings. The predicted molar refractivity (Wildman–Crippen MR) is 112 cm³/mol. The number of fused-ring (bicyclic) bond motifs is 1. The van der Waals surface area contributed by atoms with E-state index in [4.69, 9.17) is 4.74 Å². The molecular formula is C21H24N4O2S. The van der Waals surface area contributed by atoms with Gasteiger partial charge in [-0.1, -0.05) is 12.1 Å². The highest BCUT2D eigenvalue weighted by molar-refractivity contribution is 7.18. The highest BCUT2D eigenvalue weighted by atomic mass is 32.1. The Bertz CT molecular complexity index is 1010. The van der Waals surface area contributed by atoms with Crippen molar-refractivity contribution in [3.05, 3.63) is 46.6 Å². The quantitative estimate of drug-likeness (QED) is 0.677. The average molecular weight is 397 g/mol. The van der Waals surface area contributed by atoms with E-state index in [1.807, 2.05) is 36.9 Å². The molecule has 3 heterocycles. The largest absolute Gasteiger partial charge is 0.483 e. The summed E-state index contributed by atoms with van der Waals surface area (Å²) in [5, 5.41) is 1.10. The van der Waals surface area contributed by atoms with Crippen LogP contribution >= 0.6 is 11.3 Å². The lowest BCUT2D eigenvalue weighted by Gasteiger charge is -2.35. The van der Waals surface area contributed by atoms with E-state index >= 15 is 0 Å². The summed E-state index contributed by atoms with van der Waals surface area (Å²) in [6, 6.07) is 8.18. The standard InChI is InChI=1S/C21H24N4O2S/c1-14-4-5-15(2)18(10-14)27-12-19(26)24-6-8-25(9-7-24)20-17-11-16(3)28-21(17)23-13-22-20/h4-5,10-11,13H,6-9,12H2,1-3H3. The lowest BCUT2D eigenvalue weighted by molar-refractivity contribution is -0.133. The summed E-state index contributed by atoms with van der Waals surface area (Å²) in [5.41, 5.74) is 2.17. The van der Waals surface area contributed by atoms with Crippen LogP contribution < -0.4 is 9.64 Å². The molecule has 28 heavy (non-hydrogen) atoms. The zero-order valence-corrected chi connectivity index (χ0v) is 17.3. The minimum atomic E-state index is 0.0276. The maximum atomic E-state index is 12.6. The molecule has 146 valence electrons. The number of thiophene rings is 1. The molecule has 0 aliphatic carbocycles. The summed E-state index contributed by atoms with van der Waals surface area (Å²) in [6.45, 7) is 9.03. The van der Waals surface area contributed by atoms with Gasteiger partial charge < -0.3 is 14.5 Å². The molecule has 0 unspecified atom stereocenters. The predicted octanol–water partition coefficient (Wildman–Crippen LogP) is 3.34. The van der Waals surface area contributed by atoms with Crippen molar-refractivity contribution in [1.82, 2.24) is 14.9 Å². The van der Waals surface area contributed by atoms with Gasteiger partial charge in [-0.15, -0.1) is 11.3 Å². The number of hydrogen-bond donors (Lipinski definition) is 0. The van der Waals surface area contributed by atoms with Crippen LogP contribution in [0.1, 0.15) is 16.0 Å². The molecule has 0 atom stereocenters.